The minimum atomic E-state index is -0.655. The van der Waals surface area contributed by atoms with E-state index in [0.717, 1.165) is 63.2 Å². The molecule has 1 saturated heterocycles. The molecule has 4 N–H and O–H groups in total. The lowest BCUT2D eigenvalue weighted by molar-refractivity contribution is -0.118. The highest BCUT2D eigenvalue weighted by Gasteiger charge is 2.22. The molecule has 0 atom stereocenters. The molecule has 29 heavy (non-hydrogen) atoms. The molecule has 4 rings (SSSR count). The summed E-state index contributed by atoms with van der Waals surface area (Å²) in [4.78, 5) is 30.8. The first-order valence-electron chi connectivity index (χ1n) is 9.75. The number of rotatable bonds is 7. The van der Waals surface area contributed by atoms with E-state index in [2.05, 4.69) is 30.7 Å². The van der Waals surface area contributed by atoms with Crippen LogP contribution in [-0.4, -0.2) is 64.6 Å². The standard InChI is InChI=1S/C19H24N8O2/c20-17(29)16-18(21-13-2-1-3-13)23-19(25-24-16)22-14-4-6-15(7-5-14)27-10-8-26(12-28)9-11-27/h4-7,12-13H,1-3,8-11H2,(H2,20,29)(H2,21,22,23,25). The third-order valence-corrected chi connectivity index (χ3v) is 5.32. The number of nitrogens with zero attached hydrogens (tertiary/aromatic N) is 5. The fourth-order valence-electron chi connectivity index (χ4n) is 3.36. The van der Waals surface area contributed by atoms with Crippen molar-refractivity contribution >= 4 is 35.5 Å². The molecular weight excluding hydrogens is 372 g/mol. The van der Waals surface area contributed by atoms with Crippen LogP contribution in [0.2, 0.25) is 0 Å². The van der Waals surface area contributed by atoms with Crippen molar-refractivity contribution in [2.45, 2.75) is 25.3 Å². The zero-order valence-corrected chi connectivity index (χ0v) is 16.0. The summed E-state index contributed by atoms with van der Waals surface area (Å²) in [6.07, 6.45) is 4.13. The number of piperazine rings is 1. The molecule has 10 heteroatoms. The van der Waals surface area contributed by atoms with Gasteiger partial charge in [0.1, 0.15) is 0 Å². The van der Waals surface area contributed by atoms with Crippen LogP contribution in [0, 0.1) is 0 Å². The average molecular weight is 396 g/mol. The van der Waals surface area contributed by atoms with Gasteiger partial charge in [0.25, 0.3) is 5.91 Å². The molecule has 0 bridgehead atoms. The van der Waals surface area contributed by atoms with E-state index in [1.807, 2.05) is 24.3 Å². The Labute approximate surface area is 168 Å². The van der Waals surface area contributed by atoms with Crippen molar-refractivity contribution in [2.75, 3.05) is 41.7 Å². The highest BCUT2D eigenvalue weighted by Crippen LogP contribution is 2.25. The van der Waals surface area contributed by atoms with Gasteiger partial charge in [-0.15, -0.1) is 10.2 Å². The maximum atomic E-state index is 11.6. The molecule has 152 valence electrons. The number of aromatic nitrogens is 3. The molecule has 1 aromatic heterocycles. The number of anilines is 4. The monoisotopic (exact) mass is 396 g/mol. The summed E-state index contributed by atoms with van der Waals surface area (Å²) >= 11 is 0. The van der Waals surface area contributed by atoms with Crippen molar-refractivity contribution in [3.8, 4) is 0 Å². The number of hydrogen-bond acceptors (Lipinski definition) is 8. The minimum Gasteiger partial charge on any atom is -0.368 e. The van der Waals surface area contributed by atoms with E-state index in [9.17, 15) is 9.59 Å². The van der Waals surface area contributed by atoms with E-state index in [-0.39, 0.29) is 11.7 Å². The third kappa shape index (κ3) is 4.36. The summed E-state index contributed by atoms with van der Waals surface area (Å²) in [6.45, 7) is 3.07. The molecule has 1 aliphatic heterocycles. The molecule has 1 aliphatic carbocycles. The van der Waals surface area contributed by atoms with E-state index in [4.69, 9.17) is 5.73 Å². The fourth-order valence-corrected chi connectivity index (χ4v) is 3.36. The first kappa shape index (κ1) is 18.9. The normalized spacial score (nSPS) is 16.8. The third-order valence-electron chi connectivity index (χ3n) is 5.32. The van der Waals surface area contributed by atoms with Gasteiger partial charge in [-0.25, -0.2) is 0 Å². The fraction of sp³-hybridized carbons (Fsp3) is 0.421. The lowest BCUT2D eigenvalue weighted by Gasteiger charge is -2.34. The molecule has 10 nitrogen and oxygen atoms in total. The Balaban J connectivity index is 1.44. The first-order valence-corrected chi connectivity index (χ1v) is 9.75. The molecule has 1 saturated carbocycles. The van der Waals surface area contributed by atoms with Gasteiger partial charge in [-0.2, -0.15) is 4.98 Å². The highest BCUT2D eigenvalue weighted by molar-refractivity contribution is 5.95. The van der Waals surface area contributed by atoms with Gasteiger partial charge in [-0.3, -0.25) is 9.59 Å². The molecule has 2 heterocycles. The predicted molar refractivity (Wildman–Crippen MR) is 109 cm³/mol. The second-order valence-electron chi connectivity index (χ2n) is 7.27. The SMILES string of the molecule is NC(=O)c1nnc(Nc2ccc(N3CCN(C=O)CC3)cc2)nc1NC1CCC1. The molecule has 2 aliphatic rings. The summed E-state index contributed by atoms with van der Waals surface area (Å²) in [5, 5.41) is 14.3. The summed E-state index contributed by atoms with van der Waals surface area (Å²) in [5.74, 6) is 0.00550. The van der Waals surface area contributed by atoms with Gasteiger partial charge in [0.15, 0.2) is 11.5 Å². The van der Waals surface area contributed by atoms with Crippen LogP contribution in [0.5, 0.6) is 0 Å². The van der Waals surface area contributed by atoms with Gasteiger partial charge in [0.2, 0.25) is 12.4 Å². The van der Waals surface area contributed by atoms with E-state index in [0.29, 0.717) is 11.8 Å². The Morgan fingerprint density at radius 2 is 1.83 bits per heavy atom. The number of carbonyl (C=O) groups excluding carboxylic acids is 2. The van der Waals surface area contributed by atoms with Crippen molar-refractivity contribution in [2.24, 2.45) is 5.73 Å². The Bertz CT molecular complexity index is 876. The molecular formula is C19H24N8O2. The van der Waals surface area contributed by atoms with Crippen LogP contribution >= 0.6 is 0 Å². The van der Waals surface area contributed by atoms with E-state index >= 15 is 0 Å². The van der Waals surface area contributed by atoms with Gasteiger partial charge in [0, 0.05) is 43.6 Å². The zero-order valence-electron chi connectivity index (χ0n) is 16.0. The molecule has 2 fully saturated rings. The Hall–Kier alpha value is -3.43. The maximum absolute atomic E-state index is 11.6. The smallest absolute Gasteiger partial charge is 0.273 e. The molecule has 1 aromatic carbocycles. The molecule has 0 spiro atoms. The van der Waals surface area contributed by atoms with E-state index in [1.54, 1.807) is 4.90 Å². The number of benzene rings is 1. The van der Waals surface area contributed by atoms with Crippen molar-refractivity contribution < 1.29 is 9.59 Å². The summed E-state index contributed by atoms with van der Waals surface area (Å²) in [5.41, 5.74) is 7.34. The first-order chi connectivity index (χ1) is 14.1. The van der Waals surface area contributed by atoms with Crippen LogP contribution in [0.15, 0.2) is 24.3 Å². The van der Waals surface area contributed by atoms with Crippen molar-refractivity contribution in [3.05, 3.63) is 30.0 Å². The zero-order chi connectivity index (χ0) is 20.2. The van der Waals surface area contributed by atoms with Crippen molar-refractivity contribution in [3.63, 3.8) is 0 Å². The maximum Gasteiger partial charge on any atom is 0.273 e. The van der Waals surface area contributed by atoms with Crippen LogP contribution in [0.1, 0.15) is 29.8 Å². The average Bonchev–Trinajstić information content (AvgIpc) is 2.71. The Morgan fingerprint density at radius 1 is 1.10 bits per heavy atom. The number of amides is 2. The van der Waals surface area contributed by atoms with Crippen LogP contribution in [0.3, 0.4) is 0 Å². The van der Waals surface area contributed by atoms with E-state index in [1.165, 1.54) is 0 Å². The van der Waals surface area contributed by atoms with Gasteiger partial charge in [-0.1, -0.05) is 0 Å². The van der Waals surface area contributed by atoms with Crippen molar-refractivity contribution in [1.82, 2.24) is 20.1 Å². The van der Waals surface area contributed by atoms with Gasteiger partial charge in [-0.05, 0) is 43.5 Å². The molecule has 0 unspecified atom stereocenters. The number of hydrogen-bond donors (Lipinski definition) is 3. The number of nitrogens with two attached hydrogens (primary N) is 1. The van der Waals surface area contributed by atoms with Crippen LogP contribution < -0.4 is 21.3 Å². The molecule has 0 radical (unpaired) electrons. The predicted octanol–water partition coefficient (Wildman–Crippen LogP) is 0.957. The van der Waals surface area contributed by atoms with Gasteiger partial charge in [0.05, 0.1) is 0 Å². The lowest BCUT2D eigenvalue weighted by atomic mass is 9.93. The van der Waals surface area contributed by atoms with Crippen LogP contribution in [0.25, 0.3) is 0 Å². The minimum absolute atomic E-state index is 0.0484. The van der Waals surface area contributed by atoms with Crippen LogP contribution in [0.4, 0.5) is 23.1 Å². The molecule has 2 amide bonds. The highest BCUT2D eigenvalue weighted by atomic mass is 16.1. The second-order valence-corrected chi connectivity index (χ2v) is 7.27. The largest absolute Gasteiger partial charge is 0.368 e. The quantitative estimate of drug-likeness (QED) is 0.590. The number of nitrogens with one attached hydrogen (secondary N) is 2. The lowest BCUT2D eigenvalue weighted by Crippen LogP contribution is -2.45. The van der Waals surface area contributed by atoms with Crippen LogP contribution in [-0.2, 0) is 4.79 Å². The number of primary amides is 1. The second kappa shape index (κ2) is 8.29. The van der Waals surface area contributed by atoms with Crippen molar-refractivity contribution in [1.29, 1.82) is 0 Å². The number of carbonyl (C=O) groups is 2. The summed E-state index contributed by atoms with van der Waals surface area (Å²) in [6, 6.07) is 8.18. The molecule has 2 aromatic rings. The van der Waals surface area contributed by atoms with E-state index < -0.39 is 5.91 Å². The topological polar surface area (TPSA) is 129 Å². The van der Waals surface area contributed by atoms with Gasteiger partial charge >= 0.3 is 0 Å². The summed E-state index contributed by atoms with van der Waals surface area (Å²) < 4.78 is 0. The Kier molecular flexibility index (Phi) is 5.41. The summed E-state index contributed by atoms with van der Waals surface area (Å²) in [7, 11) is 0. The van der Waals surface area contributed by atoms with Gasteiger partial charge < -0.3 is 26.2 Å². The Morgan fingerprint density at radius 3 is 2.41 bits per heavy atom.